The van der Waals surface area contributed by atoms with Crippen LogP contribution >= 0.6 is 0 Å². The molecule has 0 aromatic carbocycles. The van der Waals surface area contributed by atoms with Crippen LogP contribution in [0, 0.1) is 34.5 Å². The highest BCUT2D eigenvalue weighted by Crippen LogP contribution is 2.16. The molecule has 11 heavy (non-hydrogen) atoms. The van der Waals surface area contributed by atoms with Crippen molar-refractivity contribution in [3.05, 3.63) is 0 Å². The van der Waals surface area contributed by atoms with Crippen molar-refractivity contribution in [3.63, 3.8) is 0 Å². The Morgan fingerprint density at radius 3 is 2.27 bits per heavy atom. The number of rotatable bonds is 4. The molecule has 0 rings (SSSR count). The zero-order chi connectivity index (χ0) is 8.69. The third-order valence-corrected chi connectivity index (χ3v) is 1.84. The normalized spacial score (nSPS) is 14.5. The van der Waals surface area contributed by atoms with Crippen molar-refractivity contribution in [3.8, 4) is 12.1 Å². The third-order valence-electron chi connectivity index (χ3n) is 1.84. The Bertz CT molecular complexity index is 173. The second-order valence-electron chi connectivity index (χ2n) is 2.80. The van der Waals surface area contributed by atoms with Gasteiger partial charge < -0.3 is 0 Å². The maximum absolute atomic E-state index is 8.65. The lowest BCUT2D eigenvalue weighted by molar-refractivity contribution is 0.476. The first-order chi connectivity index (χ1) is 5.26. The van der Waals surface area contributed by atoms with Crippen molar-refractivity contribution in [2.45, 2.75) is 33.1 Å². The van der Waals surface area contributed by atoms with Gasteiger partial charge in [-0.25, -0.2) is 0 Å². The summed E-state index contributed by atoms with van der Waals surface area (Å²) in [6.45, 7) is 3.90. The Labute approximate surface area is 68.4 Å². The van der Waals surface area contributed by atoms with Gasteiger partial charge in [0, 0.05) is 0 Å². The second kappa shape index (κ2) is 5.74. The molecule has 0 saturated carbocycles. The molecule has 0 aliphatic carbocycles. The molecule has 0 aliphatic rings. The van der Waals surface area contributed by atoms with Crippen LogP contribution in [0.3, 0.4) is 0 Å². The number of hydrogen-bond donors (Lipinski definition) is 0. The van der Waals surface area contributed by atoms with E-state index >= 15 is 0 Å². The van der Waals surface area contributed by atoms with E-state index in [9.17, 15) is 0 Å². The van der Waals surface area contributed by atoms with E-state index in [2.05, 4.69) is 19.1 Å². The van der Waals surface area contributed by atoms with Gasteiger partial charge in [-0.05, 0) is 13.3 Å². The van der Waals surface area contributed by atoms with Gasteiger partial charge in [0.2, 0.25) is 0 Å². The van der Waals surface area contributed by atoms with E-state index in [1.807, 2.05) is 6.92 Å². The molecule has 2 atom stereocenters. The van der Waals surface area contributed by atoms with Gasteiger partial charge in [0.05, 0.1) is 24.0 Å². The van der Waals surface area contributed by atoms with Crippen LogP contribution in [-0.2, 0) is 0 Å². The minimum Gasteiger partial charge on any atom is -0.198 e. The first-order valence-electron chi connectivity index (χ1n) is 4.05. The molecule has 0 aromatic heterocycles. The fraction of sp³-hybridized carbons (Fsp3) is 0.778. The van der Waals surface area contributed by atoms with Crippen molar-refractivity contribution >= 4 is 0 Å². The smallest absolute Gasteiger partial charge is 0.0669 e. The van der Waals surface area contributed by atoms with Gasteiger partial charge >= 0.3 is 0 Å². The minimum atomic E-state index is -0.119. The topological polar surface area (TPSA) is 47.6 Å². The lowest BCUT2D eigenvalue weighted by atomic mass is 9.92. The van der Waals surface area contributed by atoms with Gasteiger partial charge in [0.1, 0.15) is 0 Å². The first kappa shape index (κ1) is 9.98. The largest absolute Gasteiger partial charge is 0.198 e. The Kier molecular flexibility index (Phi) is 5.21. The highest BCUT2D eigenvalue weighted by Gasteiger charge is 2.14. The van der Waals surface area contributed by atoms with Crippen LogP contribution in [0.5, 0.6) is 0 Å². The van der Waals surface area contributed by atoms with E-state index in [4.69, 9.17) is 10.5 Å². The highest BCUT2D eigenvalue weighted by atomic mass is 14.3. The van der Waals surface area contributed by atoms with Gasteiger partial charge in [0.15, 0.2) is 0 Å². The van der Waals surface area contributed by atoms with Crippen LogP contribution < -0.4 is 0 Å². The second-order valence-corrected chi connectivity index (χ2v) is 2.80. The molecule has 0 aromatic rings. The van der Waals surface area contributed by atoms with Gasteiger partial charge in [-0.15, -0.1) is 0 Å². The monoisotopic (exact) mass is 150 g/mol. The standard InChI is InChI=1S/C9H14N2/c1-3-4-5-9(7-11)8(2)6-10/h8-9H,3-5H2,1-2H3. The zero-order valence-corrected chi connectivity index (χ0v) is 7.17. The number of nitrogens with zero attached hydrogens (tertiary/aromatic N) is 2. The first-order valence-corrected chi connectivity index (χ1v) is 4.05. The van der Waals surface area contributed by atoms with Crippen molar-refractivity contribution < 1.29 is 0 Å². The van der Waals surface area contributed by atoms with E-state index in [1.54, 1.807) is 0 Å². The molecule has 2 nitrogen and oxygen atoms in total. The van der Waals surface area contributed by atoms with Crippen LogP contribution in [0.1, 0.15) is 33.1 Å². The molecule has 2 heteroatoms. The Morgan fingerprint density at radius 1 is 1.27 bits per heavy atom. The van der Waals surface area contributed by atoms with Crippen molar-refractivity contribution in [1.82, 2.24) is 0 Å². The summed E-state index contributed by atoms with van der Waals surface area (Å²) in [7, 11) is 0. The predicted molar refractivity (Wildman–Crippen MR) is 43.4 cm³/mol. The Hall–Kier alpha value is -1.02. The van der Waals surface area contributed by atoms with Crippen molar-refractivity contribution in [2.24, 2.45) is 11.8 Å². The molecule has 0 amide bonds. The van der Waals surface area contributed by atoms with Gasteiger partial charge in [-0.1, -0.05) is 19.8 Å². The van der Waals surface area contributed by atoms with E-state index < -0.39 is 0 Å². The summed E-state index contributed by atoms with van der Waals surface area (Å²) in [6, 6.07) is 4.27. The fourth-order valence-corrected chi connectivity index (χ4v) is 0.940. The van der Waals surface area contributed by atoms with Crippen molar-refractivity contribution in [2.75, 3.05) is 0 Å². The summed E-state index contributed by atoms with van der Waals surface area (Å²) in [4.78, 5) is 0. The molecule has 0 radical (unpaired) electrons. The molecule has 0 N–H and O–H groups in total. The number of unbranched alkanes of at least 4 members (excludes halogenated alkanes) is 1. The van der Waals surface area contributed by atoms with Crippen molar-refractivity contribution in [1.29, 1.82) is 10.5 Å². The lowest BCUT2D eigenvalue weighted by Crippen LogP contribution is -2.07. The molecular weight excluding hydrogens is 136 g/mol. The van der Waals surface area contributed by atoms with Crippen LogP contribution in [-0.4, -0.2) is 0 Å². The lowest BCUT2D eigenvalue weighted by Gasteiger charge is -2.08. The summed E-state index contributed by atoms with van der Waals surface area (Å²) in [5.41, 5.74) is 0. The average Bonchev–Trinajstić information content (AvgIpc) is 2.05. The molecule has 60 valence electrons. The number of nitriles is 2. The van der Waals surface area contributed by atoms with Crippen LogP contribution in [0.25, 0.3) is 0 Å². The summed E-state index contributed by atoms with van der Waals surface area (Å²) < 4.78 is 0. The summed E-state index contributed by atoms with van der Waals surface area (Å²) in [5.74, 6) is -0.188. The predicted octanol–water partition coefficient (Wildman–Crippen LogP) is 2.48. The molecule has 0 saturated heterocycles. The number of hydrogen-bond acceptors (Lipinski definition) is 2. The quantitative estimate of drug-likeness (QED) is 0.618. The average molecular weight is 150 g/mol. The molecule has 0 aliphatic heterocycles. The Balaban J connectivity index is 3.80. The highest BCUT2D eigenvalue weighted by molar-refractivity contribution is 4.95. The van der Waals surface area contributed by atoms with E-state index in [0.29, 0.717) is 0 Å². The molecule has 0 spiro atoms. The van der Waals surface area contributed by atoms with E-state index in [-0.39, 0.29) is 11.8 Å². The maximum atomic E-state index is 8.65. The fourth-order valence-electron chi connectivity index (χ4n) is 0.940. The zero-order valence-electron chi connectivity index (χ0n) is 7.17. The summed E-state index contributed by atoms with van der Waals surface area (Å²) >= 11 is 0. The SMILES string of the molecule is CCCCC(C#N)C(C)C#N. The Morgan fingerprint density at radius 2 is 1.91 bits per heavy atom. The minimum absolute atomic E-state index is 0.0695. The van der Waals surface area contributed by atoms with E-state index in [0.717, 1.165) is 19.3 Å². The maximum Gasteiger partial charge on any atom is 0.0669 e. The third kappa shape index (κ3) is 3.63. The molecular formula is C9H14N2. The molecule has 0 fully saturated rings. The summed E-state index contributed by atoms with van der Waals surface area (Å²) in [5, 5.41) is 17.2. The molecule has 2 unspecified atom stereocenters. The van der Waals surface area contributed by atoms with E-state index in [1.165, 1.54) is 0 Å². The van der Waals surface area contributed by atoms with Crippen LogP contribution in [0.2, 0.25) is 0 Å². The summed E-state index contributed by atoms with van der Waals surface area (Å²) in [6.07, 6.45) is 3.00. The molecule has 0 bridgehead atoms. The van der Waals surface area contributed by atoms with Gasteiger partial charge in [0.25, 0.3) is 0 Å². The molecule has 0 heterocycles. The van der Waals surface area contributed by atoms with Crippen LogP contribution in [0.15, 0.2) is 0 Å². The van der Waals surface area contributed by atoms with Crippen LogP contribution in [0.4, 0.5) is 0 Å². The van der Waals surface area contributed by atoms with Gasteiger partial charge in [-0.2, -0.15) is 10.5 Å². The van der Waals surface area contributed by atoms with Gasteiger partial charge in [-0.3, -0.25) is 0 Å².